The number of nitrogens with two attached hydrogens (primary N) is 1. The summed E-state index contributed by atoms with van der Waals surface area (Å²) in [6, 6.07) is 8.98. The normalized spacial score (nSPS) is 34.3. The first-order valence-electron chi connectivity index (χ1n) is 8.61. The molecule has 0 aliphatic heterocycles. The van der Waals surface area contributed by atoms with Gasteiger partial charge in [0.1, 0.15) is 0 Å². The van der Waals surface area contributed by atoms with Gasteiger partial charge in [-0.2, -0.15) is 0 Å². The molecule has 20 heavy (non-hydrogen) atoms. The number of hydrogen-bond acceptors (Lipinski definition) is 1. The highest BCUT2D eigenvalue weighted by Crippen LogP contribution is 2.45. The first-order chi connectivity index (χ1) is 9.74. The molecule has 0 radical (unpaired) electrons. The maximum absolute atomic E-state index is 7.03. The molecule has 3 rings (SSSR count). The quantitative estimate of drug-likeness (QED) is 0.769. The van der Waals surface area contributed by atoms with Crippen molar-refractivity contribution in [2.24, 2.45) is 17.6 Å². The fraction of sp³-hybridized carbons (Fsp3) is 0.684. The van der Waals surface area contributed by atoms with Crippen LogP contribution in [0.15, 0.2) is 24.3 Å². The summed E-state index contributed by atoms with van der Waals surface area (Å²) in [6.45, 7) is 2.34. The minimum atomic E-state index is -0.0498. The van der Waals surface area contributed by atoms with Gasteiger partial charge in [-0.25, -0.2) is 0 Å². The Balaban J connectivity index is 1.87. The molecule has 1 aromatic carbocycles. The topological polar surface area (TPSA) is 26.0 Å². The van der Waals surface area contributed by atoms with Crippen molar-refractivity contribution in [3.8, 4) is 0 Å². The lowest BCUT2D eigenvalue weighted by atomic mass is 9.67. The maximum atomic E-state index is 7.03. The van der Waals surface area contributed by atoms with Gasteiger partial charge in [-0.15, -0.1) is 0 Å². The minimum absolute atomic E-state index is 0.0498. The van der Waals surface area contributed by atoms with Crippen LogP contribution in [-0.4, -0.2) is 0 Å². The predicted molar refractivity (Wildman–Crippen MR) is 85.6 cm³/mol. The van der Waals surface area contributed by atoms with Crippen LogP contribution in [0.25, 0.3) is 0 Å². The van der Waals surface area contributed by atoms with Gasteiger partial charge in [-0.05, 0) is 55.1 Å². The predicted octanol–water partition coefficient (Wildman–Crippen LogP) is 4.78. The second kappa shape index (κ2) is 5.89. The molecule has 1 heteroatoms. The van der Waals surface area contributed by atoms with Crippen molar-refractivity contribution in [1.82, 2.24) is 0 Å². The molecule has 2 N–H and O–H groups in total. The molecule has 1 unspecified atom stereocenters. The highest BCUT2D eigenvalue weighted by atomic mass is 14.8. The van der Waals surface area contributed by atoms with E-state index in [1.165, 1.54) is 68.9 Å². The van der Waals surface area contributed by atoms with Crippen molar-refractivity contribution in [2.75, 3.05) is 0 Å². The minimum Gasteiger partial charge on any atom is -0.321 e. The van der Waals surface area contributed by atoms with E-state index in [-0.39, 0.29) is 5.54 Å². The summed E-state index contributed by atoms with van der Waals surface area (Å²) in [7, 11) is 0. The van der Waals surface area contributed by atoms with Crippen molar-refractivity contribution in [3.63, 3.8) is 0 Å². The molecule has 2 aliphatic carbocycles. The number of rotatable bonds is 2. The zero-order valence-corrected chi connectivity index (χ0v) is 12.9. The molecule has 0 heterocycles. The van der Waals surface area contributed by atoms with E-state index in [1.807, 2.05) is 0 Å². The van der Waals surface area contributed by atoms with Crippen LogP contribution >= 0.6 is 0 Å². The van der Waals surface area contributed by atoms with Crippen molar-refractivity contribution in [2.45, 2.75) is 70.3 Å². The van der Waals surface area contributed by atoms with E-state index in [1.54, 1.807) is 0 Å². The SMILES string of the molecule is CCC1CCC(C2(N)CCCCc3ccccc32)CC1. The van der Waals surface area contributed by atoms with Crippen LogP contribution in [0, 0.1) is 11.8 Å². The summed E-state index contributed by atoms with van der Waals surface area (Å²) < 4.78 is 0. The van der Waals surface area contributed by atoms with Gasteiger partial charge in [0.25, 0.3) is 0 Å². The summed E-state index contributed by atoms with van der Waals surface area (Å²) in [5.74, 6) is 1.65. The van der Waals surface area contributed by atoms with Crippen LogP contribution < -0.4 is 5.73 Å². The molecule has 0 amide bonds. The van der Waals surface area contributed by atoms with Gasteiger partial charge in [-0.3, -0.25) is 0 Å². The van der Waals surface area contributed by atoms with Crippen molar-refractivity contribution in [3.05, 3.63) is 35.4 Å². The van der Waals surface area contributed by atoms with Gasteiger partial charge >= 0.3 is 0 Å². The van der Waals surface area contributed by atoms with Crippen molar-refractivity contribution in [1.29, 1.82) is 0 Å². The Morgan fingerprint density at radius 2 is 1.85 bits per heavy atom. The molecule has 1 nitrogen and oxygen atoms in total. The number of aryl methyl sites for hydroxylation is 1. The van der Waals surface area contributed by atoms with Gasteiger partial charge in [-0.1, -0.05) is 56.9 Å². The zero-order chi connectivity index (χ0) is 14.0. The third kappa shape index (κ3) is 2.53. The van der Waals surface area contributed by atoms with E-state index < -0.39 is 0 Å². The fourth-order valence-corrected chi connectivity index (χ4v) is 4.57. The summed E-state index contributed by atoms with van der Waals surface area (Å²) in [6.07, 6.45) is 11.8. The second-order valence-corrected chi connectivity index (χ2v) is 7.03. The lowest BCUT2D eigenvalue weighted by Crippen LogP contribution is -2.45. The highest BCUT2D eigenvalue weighted by molar-refractivity contribution is 5.35. The van der Waals surface area contributed by atoms with Crippen molar-refractivity contribution < 1.29 is 0 Å². The Labute approximate surface area is 124 Å². The summed E-state index contributed by atoms with van der Waals surface area (Å²) in [4.78, 5) is 0. The molecular formula is C19H29N. The molecule has 1 atom stereocenters. The van der Waals surface area contributed by atoms with Crippen LogP contribution in [0.3, 0.4) is 0 Å². The van der Waals surface area contributed by atoms with Gasteiger partial charge in [0.05, 0.1) is 0 Å². The van der Waals surface area contributed by atoms with Crippen LogP contribution in [0.2, 0.25) is 0 Å². The third-order valence-electron chi connectivity index (χ3n) is 5.96. The van der Waals surface area contributed by atoms with E-state index >= 15 is 0 Å². The first-order valence-corrected chi connectivity index (χ1v) is 8.61. The second-order valence-electron chi connectivity index (χ2n) is 7.03. The number of hydrogen-bond donors (Lipinski definition) is 1. The Morgan fingerprint density at radius 3 is 2.60 bits per heavy atom. The van der Waals surface area contributed by atoms with Crippen molar-refractivity contribution >= 4 is 0 Å². The van der Waals surface area contributed by atoms with Gasteiger partial charge in [0.15, 0.2) is 0 Å². The molecule has 0 spiro atoms. The summed E-state index contributed by atoms with van der Waals surface area (Å²) in [5, 5.41) is 0. The molecule has 1 aromatic rings. The van der Waals surface area contributed by atoms with Gasteiger partial charge in [0.2, 0.25) is 0 Å². The molecule has 0 aromatic heterocycles. The van der Waals surface area contributed by atoms with E-state index in [0.717, 1.165) is 5.92 Å². The molecule has 0 saturated heterocycles. The van der Waals surface area contributed by atoms with Crippen LogP contribution in [0.5, 0.6) is 0 Å². The summed E-state index contributed by atoms with van der Waals surface area (Å²) >= 11 is 0. The van der Waals surface area contributed by atoms with E-state index in [2.05, 4.69) is 31.2 Å². The lowest BCUT2D eigenvalue weighted by molar-refractivity contribution is 0.160. The Kier molecular flexibility index (Phi) is 4.16. The Morgan fingerprint density at radius 1 is 1.10 bits per heavy atom. The summed E-state index contributed by atoms with van der Waals surface area (Å²) in [5.41, 5.74) is 9.97. The van der Waals surface area contributed by atoms with Gasteiger partial charge < -0.3 is 5.73 Å². The number of benzene rings is 1. The molecular weight excluding hydrogens is 242 g/mol. The smallest absolute Gasteiger partial charge is 0.0440 e. The monoisotopic (exact) mass is 271 g/mol. The standard InChI is InChI=1S/C19H29N/c1-2-15-10-12-17(13-11-15)19(20)14-6-5-8-16-7-3-4-9-18(16)19/h3-4,7,9,15,17H,2,5-6,8,10-14,20H2,1H3. The van der Waals surface area contributed by atoms with Crippen LogP contribution in [0.1, 0.15) is 69.4 Å². The molecule has 1 saturated carbocycles. The molecule has 2 aliphatic rings. The largest absolute Gasteiger partial charge is 0.321 e. The van der Waals surface area contributed by atoms with E-state index in [0.29, 0.717) is 5.92 Å². The third-order valence-corrected chi connectivity index (χ3v) is 5.96. The lowest BCUT2D eigenvalue weighted by Gasteiger charge is -2.42. The average Bonchev–Trinajstić information content (AvgIpc) is 2.68. The van der Waals surface area contributed by atoms with E-state index in [4.69, 9.17) is 5.73 Å². The molecule has 110 valence electrons. The average molecular weight is 271 g/mol. The zero-order valence-electron chi connectivity index (χ0n) is 12.9. The highest BCUT2D eigenvalue weighted by Gasteiger charge is 2.40. The maximum Gasteiger partial charge on any atom is 0.0440 e. The van der Waals surface area contributed by atoms with Crippen LogP contribution in [0.4, 0.5) is 0 Å². The van der Waals surface area contributed by atoms with E-state index in [9.17, 15) is 0 Å². The van der Waals surface area contributed by atoms with Crippen LogP contribution in [-0.2, 0) is 12.0 Å². The number of fused-ring (bicyclic) bond motifs is 1. The first kappa shape index (κ1) is 14.1. The fourth-order valence-electron chi connectivity index (χ4n) is 4.57. The molecule has 0 bridgehead atoms. The Hall–Kier alpha value is -0.820. The molecule has 1 fully saturated rings. The Bertz CT molecular complexity index is 445. The van der Waals surface area contributed by atoms with Gasteiger partial charge in [0, 0.05) is 5.54 Å².